The van der Waals surface area contributed by atoms with Gasteiger partial charge in [0.25, 0.3) is 10.0 Å². The number of nitrogens with zero attached hydrogens (tertiary/aromatic N) is 1. The SMILES string of the molecule is COc1ccc(C)cc1S(=O)(=O)Nc1ccc2nc(-c3cccc(C)c3)oc2c1. The van der Waals surface area contributed by atoms with Gasteiger partial charge in [-0.3, -0.25) is 4.72 Å². The van der Waals surface area contributed by atoms with Crippen molar-refractivity contribution >= 4 is 26.8 Å². The summed E-state index contributed by atoms with van der Waals surface area (Å²) in [6.45, 7) is 3.82. The molecule has 0 radical (unpaired) electrons. The zero-order valence-corrected chi connectivity index (χ0v) is 17.1. The van der Waals surface area contributed by atoms with Gasteiger partial charge in [-0.2, -0.15) is 0 Å². The molecular weight excluding hydrogens is 388 g/mol. The van der Waals surface area contributed by atoms with E-state index in [0.717, 1.165) is 16.7 Å². The zero-order chi connectivity index (χ0) is 20.6. The fraction of sp³-hybridized carbons (Fsp3) is 0.136. The molecule has 1 N–H and O–H groups in total. The number of hydrogen-bond donors (Lipinski definition) is 1. The number of rotatable bonds is 5. The lowest BCUT2D eigenvalue weighted by molar-refractivity contribution is 0.402. The van der Waals surface area contributed by atoms with Crippen molar-refractivity contribution in [3.8, 4) is 17.2 Å². The number of aryl methyl sites for hydroxylation is 2. The molecule has 0 saturated heterocycles. The van der Waals surface area contributed by atoms with E-state index in [9.17, 15) is 8.42 Å². The molecule has 0 aliphatic rings. The van der Waals surface area contributed by atoms with Crippen LogP contribution < -0.4 is 9.46 Å². The predicted octanol–water partition coefficient (Wildman–Crippen LogP) is 4.92. The van der Waals surface area contributed by atoms with Crippen molar-refractivity contribution in [1.82, 2.24) is 4.98 Å². The van der Waals surface area contributed by atoms with Gasteiger partial charge in [0.1, 0.15) is 16.2 Å². The third-order valence-corrected chi connectivity index (χ3v) is 5.92. The highest BCUT2D eigenvalue weighted by Crippen LogP contribution is 2.30. The maximum Gasteiger partial charge on any atom is 0.265 e. The molecule has 3 aromatic carbocycles. The number of nitrogens with one attached hydrogen (secondary N) is 1. The molecule has 0 aliphatic heterocycles. The van der Waals surface area contributed by atoms with E-state index in [1.807, 2.05) is 38.1 Å². The fourth-order valence-corrected chi connectivity index (χ4v) is 4.40. The van der Waals surface area contributed by atoms with Crippen LogP contribution >= 0.6 is 0 Å². The lowest BCUT2D eigenvalue weighted by Crippen LogP contribution is -2.14. The van der Waals surface area contributed by atoms with Gasteiger partial charge in [-0.25, -0.2) is 13.4 Å². The van der Waals surface area contributed by atoms with Gasteiger partial charge in [0, 0.05) is 11.6 Å². The summed E-state index contributed by atoms with van der Waals surface area (Å²) >= 11 is 0. The molecule has 4 aromatic rings. The second kappa shape index (κ2) is 7.25. The molecule has 1 aromatic heterocycles. The number of oxazole rings is 1. The van der Waals surface area contributed by atoms with E-state index in [1.54, 1.807) is 36.4 Å². The average molecular weight is 408 g/mol. The number of sulfonamides is 1. The van der Waals surface area contributed by atoms with E-state index in [4.69, 9.17) is 9.15 Å². The monoisotopic (exact) mass is 408 g/mol. The van der Waals surface area contributed by atoms with Crippen LogP contribution in [0.3, 0.4) is 0 Å². The van der Waals surface area contributed by atoms with Crippen molar-refractivity contribution in [1.29, 1.82) is 0 Å². The molecule has 0 fully saturated rings. The smallest absolute Gasteiger partial charge is 0.265 e. The van der Waals surface area contributed by atoms with Crippen LogP contribution in [-0.2, 0) is 10.0 Å². The Kier molecular flexibility index (Phi) is 4.76. The molecule has 0 aliphatic carbocycles. The number of benzene rings is 3. The topological polar surface area (TPSA) is 81.4 Å². The van der Waals surface area contributed by atoms with Crippen molar-refractivity contribution in [3.63, 3.8) is 0 Å². The summed E-state index contributed by atoms with van der Waals surface area (Å²) in [6.07, 6.45) is 0. The Morgan fingerprint density at radius 1 is 0.966 bits per heavy atom. The Hall–Kier alpha value is -3.32. The molecule has 0 bridgehead atoms. The second-order valence-electron chi connectivity index (χ2n) is 6.83. The van der Waals surface area contributed by atoms with Crippen molar-refractivity contribution in [2.75, 3.05) is 11.8 Å². The summed E-state index contributed by atoms with van der Waals surface area (Å²) < 4.78 is 39.5. The molecule has 0 spiro atoms. The highest BCUT2D eigenvalue weighted by molar-refractivity contribution is 7.92. The van der Waals surface area contributed by atoms with Gasteiger partial charge in [-0.1, -0.05) is 23.8 Å². The van der Waals surface area contributed by atoms with Gasteiger partial charge < -0.3 is 9.15 Å². The molecule has 0 amide bonds. The first-order valence-corrected chi connectivity index (χ1v) is 10.5. The molecule has 4 rings (SSSR count). The molecule has 6 nitrogen and oxygen atoms in total. The maximum atomic E-state index is 12.9. The summed E-state index contributed by atoms with van der Waals surface area (Å²) in [7, 11) is -2.39. The van der Waals surface area contributed by atoms with Gasteiger partial charge >= 0.3 is 0 Å². The van der Waals surface area contributed by atoms with Crippen LogP contribution in [0.25, 0.3) is 22.6 Å². The summed E-state index contributed by atoms with van der Waals surface area (Å²) in [6, 6.07) is 17.9. The van der Waals surface area contributed by atoms with E-state index < -0.39 is 10.0 Å². The Morgan fingerprint density at radius 2 is 1.76 bits per heavy atom. The van der Waals surface area contributed by atoms with E-state index >= 15 is 0 Å². The zero-order valence-electron chi connectivity index (χ0n) is 16.3. The average Bonchev–Trinajstić information content (AvgIpc) is 3.11. The van der Waals surface area contributed by atoms with E-state index in [0.29, 0.717) is 22.7 Å². The highest BCUT2D eigenvalue weighted by Gasteiger charge is 2.20. The van der Waals surface area contributed by atoms with Gasteiger partial charge in [0.15, 0.2) is 5.58 Å². The van der Waals surface area contributed by atoms with E-state index in [-0.39, 0.29) is 10.6 Å². The standard InChI is InChI=1S/C22H20N2O4S/c1-14-5-4-6-16(11-14)22-23-18-9-8-17(13-20(18)28-22)24-29(25,26)21-12-15(2)7-10-19(21)27-3/h4-13,24H,1-3H3. The summed E-state index contributed by atoms with van der Waals surface area (Å²) in [5, 5.41) is 0. The lowest BCUT2D eigenvalue weighted by Gasteiger charge is -2.12. The second-order valence-corrected chi connectivity index (χ2v) is 8.48. The number of aromatic nitrogens is 1. The lowest BCUT2D eigenvalue weighted by atomic mass is 10.1. The van der Waals surface area contributed by atoms with Crippen LogP contribution in [-0.4, -0.2) is 20.5 Å². The largest absolute Gasteiger partial charge is 0.495 e. The van der Waals surface area contributed by atoms with E-state index in [1.165, 1.54) is 7.11 Å². The molecule has 148 valence electrons. The number of ether oxygens (including phenoxy) is 1. The quantitative estimate of drug-likeness (QED) is 0.507. The summed E-state index contributed by atoms with van der Waals surface area (Å²) in [5.41, 5.74) is 4.32. The fourth-order valence-electron chi connectivity index (χ4n) is 3.09. The molecular formula is C22H20N2O4S. The number of hydrogen-bond acceptors (Lipinski definition) is 5. The van der Waals surface area contributed by atoms with Crippen molar-refractivity contribution in [2.24, 2.45) is 0 Å². The molecule has 0 unspecified atom stereocenters. The van der Waals surface area contributed by atoms with Crippen LogP contribution in [0.2, 0.25) is 0 Å². The Labute approximate surface area is 169 Å². The minimum Gasteiger partial charge on any atom is -0.495 e. The maximum absolute atomic E-state index is 12.9. The van der Waals surface area contributed by atoms with Crippen LogP contribution in [0.4, 0.5) is 5.69 Å². The number of anilines is 1. The normalized spacial score (nSPS) is 11.6. The van der Waals surface area contributed by atoms with Gasteiger partial charge in [-0.05, 0) is 55.8 Å². The number of fused-ring (bicyclic) bond motifs is 1. The molecule has 29 heavy (non-hydrogen) atoms. The first-order valence-electron chi connectivity index (χ1n) is 9.01. The van der Waals surface area contributed by atoms with Crippen LogP contribution in [0.1, 0.15) is 11.1 Å². The minimum absolute atomic E-state index is 0.0816. The first-order chi connectivity index (χ1) is 13.9. The van der Waals surface area contributed by atoms with Crippen molar-refractivity contribution < 1.29 is 17.6 Å². The summed E-state index contributed by atoms with van der Waals surface area (Å²) in [5.74, 6) is 0.773. The molecule has 0 saturated carbocycles. The van der Waals surface area contributed by atoms with Crippen molar-refractivity contribution in [2.45, 2.75) is 18.7 Å². The van der Waals surface area contributed by atoms with Crippen LogP contribution in [0.5, 0.6) is 5.75 Å². The van der Waals surface area contributed by atoms with Crippen LogP contribution in [0, 0.1) is 13.8 Å². The van der Waals surface area contributed by atoms with Crippen LogP contribution in [0.15, 0.2) is 70.0 Å². The Balaban J connectivity index is 1.69. The molecule has 1 heterocycles. The minimum atomic E-state index is -3.84. The third kappa shape index (κ3) is 3.82. The summed E-state index contributed by atoms with van der Waals surface area (Å²) in [4.78, 5) is 4.58. The molecule has 7 heteroatoms. The van der Waals surface area contributed by atoms with Gasteiger partial charge in [0.05, 0.1) is 12.8 Å². The third-order valence-electron chi connectivity index (χ3n) is 4.51. The molecule has 0 atom stereocenters. The van der Waals surface area contributed by atoms with Crippen molar-refractivity contribution in [3.05, 3.63) is 71.8 Å². The Morgan fingerprint density at radius 3 is 2.52 bits per heavy atom. The highest BCUT2D eigenvalue weighted by atomic mass is 32.2. The predicted molar refractivity (Wildman–Crippen MR) is 113 cm³/mol. The first kappa shape index (κ1) is 19.0. The van der Waals surface area contributed by atoms with Gasteiger partial charge in [0.2, 0.25) is 5.89 Å². The van der Waals surface area contributed by atoms with E-state index in [2.05, 4.69) is 9.71 Å². The van der Waals surface area contributed by atoms with Gasteiger partial charge in [-0.15, -0.1) is 0 Å². The number of methoxy groups -OCH3 is 1. The Bertz CT molecular complexity index is 1310.